The highest BCUT2D eigenvalue weighted by molar-refractivity contribution is 5.82. The van der Waals surface area contributed by atoms with Crippen LogP contribution in [0.1, 0.15) is 77.0 Å². The Hall–Kier alpha value is -2.82. The smallest absolute Gasteiger partial charge is 0.307 e. The number of carbonyl (C=O) groups is 1. The number of rotatable bonds is 6. The predicted molar refractivity (Wildman–Crippen MR) is 131 cm³/mol. The Morgan fingerprint density at radius 3 is 2.53 bits per heavy atom. The van der Waals surface area contributed by atoms with Crippen molar-refractivity contribution < 1.29 is 9.90 Å². The Morgan fingerprint density at radius 2 is 1.91 bits per heavy atom. The molecule has 0 bridgehead atoms. The number of nitrogens with one attached hydrogen (secondary N) is 1. The zero-order valence-electron chi connectivity index (χ0n) is 19.9. The van der Waals surface area contributed by atoms with Gasteiger partial charge in [-0.25, -0.2) is 4.98 Å². The number of anilines is 2. The minimum Gasteiger partial charge on any atom is -0.481 e. The Labute approximate surface area is 190 Å². The first-order valence-corrected chi connectivity index (χ1v) is 11.7. The third-order valence-corrected chi connectivity index (χ3v) is 6.67. The van der Waals surface area contributed by atoms with E-state index >= 15 is 0 Å². The Balaban J connectivity index is 1.76. The molecule has 4 rings (SSSR count). The summed E-state index contributed by atoms with van der Waals surface area (Å²) in [7, 11) is 0. The summed E-state index contributed by atoms with van der Waals surface area (Å²) in [4.78, 5) is 16.2. The molecule has 0 amide bonds. The lowest BCUT2D eigenvalue weighted by molar-refractivity contribution is -0.136. The minimum atomic E-state index is -0.824. The lowest BCUT2D eigenvalue weighted by atomic mass is 9.70. The molecule has 1 aliphatic rings. The number of benzene rings is 2. The van der Waals surface area contributed by atoms with Crippen molar-refractivity contribution in [3.8, 4) is 0 Å². The van der Waals surface area contributed by atoms with E-state index in [2.05, 4.69) is 68.8 Å². The lowest BCUT2D eigenvalue weighted by Gasteiger charge is -2.40. The highest BCUT2D eigenvalue weighted by Gasteiger charge is 2.34. The SMILES string of the molecule is CC(C)c1ccc(Nc2nc3cc(CC(=O)O)ccc3n2[C@H]2C[C@H](C)CC(C)(C)C2)cc1. The molecular formula is C27H35N3O2. The van der Waals surface area contributed by atoms with Crippen LogP contribution >= 0.6 is 0 Å². The van der Waals surface area contributed by atoms with Gasteiger partial charge in [0, 0.05) is 11.7 Å². The van der Waals surface area contributed by atoms with Gasteiger partial charge in [0.25, 0.3) is 0 Å². The number of fused-ring (bicyclic) bond motifs is 1. The molecule has 170 valence electrons. The van der Waals surface area contributed by atoms with Gasteiger partial charge in [0.1, 0.15) is 0 Å². The molecule has 1 heterocycles. The van der Waals surface area contributed by atoms with Gasteiger partial charge in [-0.05, 0) is 71.9 Å². The average Bonchev–Trinajstić information content (AvgIpc) is 3.03. The first-order valence-electron chi connectivity index (χ1n) is 11.7. The van der Waals surface area contributed by atoms with Crippen molar-refractivity contribution in [3.05, 3.63) is 53.6 Å². The maximum Gasteiger partial charge on any atom is 0.307 e. The topological polar surface area (TPSA) is 67.2 Å². The van der Waals surface area contributed by atoms with Gasteiger partial charge >= 0.3 is 5.97 Å². The van der Waals surface area contributed by atoms with Gasteiger partial charge in [-0.2, -0.15) is 0 Å². The largest absolute Gasteiger partial charge is 0.481 e. The van der Waals surface area contributed by atoms with Gasteiger partial charge in [0.05, 0.1) is 17.5 Å². The Kier molecular flexibility index (Phi) is 6.02. The summed E-state index contributed by atoms with van der Waals surface area (Å²) in [5, 5.41) is 12.8. The molecule has 1 aliphatic carbocycles. The molecule has 1 fully saturated rings. The molecule has 3 aromatic rings. The van der Waals surface area contributed by atoms with Crippen LogP contribution in [0.15, 0.2) is 42.5 Å². The second-order valence-corrected chi connectivity index (χ2v) is 10.7. The van der Waals surface area contributed by atoms with Gasteiger partial charge < -0.3 is 15.0 Å². The van der Waals surface area contributed by atoms with Crippen LogP contribution in [0.2, 0.25) is 0 Å². The van der Waals surface area contributed by atoms with E-state index in [1.54, 1.807) is 0 Å². The summed E-state index contributed by atoms with van der Waals surface area (Å²) in [6, 6.07) is 14.8. The Bertz CT molecular complexity index is 1110. The summed E-state index contributed by atoms with van der Waals surface area (Å²) < 4.78 is 2.35. The van der Waals surface area contributed by atoms with Crippen LogP contribution in [-0.2, 0) is 11.2 Å². The van der Waals surface area contributed by atoms with Crippen LogP contribution < -0.4 is 5.32 Å². The van der Waals surface area contributed by atoms with Crippen LogP contribution in [0.4, 0.5) is 11.6 Å². The number of hydrogen-bond acceptors (Lipinski definition) is 3. The fraction of sp³-hybridized carbons (Fsp3) is 0.481. The normalized spacial score (nSPS) is 20.6. The lowest BCUT2D eigenvalue weighted by Crippen LogP contribution is -2.29. The number of hydrogen-bond donors (Lipinski definition) is 2. The van der Waals surface area contributed by atoms with Crippen LogP contribution in [0.3, 0.4) is 0 Å². The molecule has 0 spiro atoms. The number of imidazole rings is 1. The van der Waals surface area contributed by atoms with Gasteiger partial charge in [-0.3, -0.25) is 4.79 Å². The third-order valence-electron chi connectivity index (χ3n) is 6.67. The Morgan fingerprint density at radius 1 is 1.19 bits per heavy atom. The molecule has 5 nitrogen and oxygen atoms in total. The number of nitrogens with zero attached hydrogens (tertiary/aromatic N) is 2. The van der Waals surface area contributed by atoms with Crippen molar-refractivity contribution in [3.63, 3.8) is 0 Å². The molecule has 32 heavy (non-hydrogen) atoms. The minimum absolute atomic E-state index is 0.00964. The van der Waals surface area contributed by atoms with E-state index < -0.39 is 5.97 Å². The molecule has 2 aromatic carbocycles. The molecule has 2 N–H and O–H groups in total. The fourth-order valence-electron chi connectivity index (χ4n) is 5.46. The average molecular weight is 434 g/mol. The first-order chi connectivity index (χ1) is 15.1. The van der Waals surface area contributed by atoms with Gasteiger partial charge in [0.15, 0.2) is 0 Å². The highest BCUT2D eigenvalue weighted by atomic mass is 16.4. The summed E-state index contributed by atoms with van der Waals surface area (Å²) in [5.74, 6) is 1.15. The van der Waals surface area contributed by atoms with Crippen LogP contribution in [0.25, 0.3) is 11.0 Å². The monoisotopic (exact) mass is 433 g/mol. The van der Waals surface area contributed by atoms with Gasteiger partial charge in [-0.15, -0.1) is 0 Å². The molecule has 0 radical (unpaired) electrons. The van der Waals surface area contributed by atoms with Crippen LogP contribution in [0, 0.1) is 11.3 Å². The van der Waals surface area contributed by atoms with E-state index in [4.69, 9.17) is 4.98 Å². The van der Waals surface area contributed by atoms with E-state index in [0.717, 1.165) is 41.1 Å². The molecule has 5 heteroatoms. The van der Waals surface area contributed by atoms with Crippen LogP contribution in [0.5, 0.6) is 0 Å². The van der Waals surface area contributed by atoms with E-state index in [0.29, 0.717) is 17.9 Å². The van der Waals surface area contributed by atoms with Crippen LogP contribution in [-0.4, -0.2) is 20.6 Å². The molecule has 2 atom stereocenters. The molecule has 1 saturated carbocycles. The van der Waals surface area contributed by atoms with Crippen molar-refractivity contribution in [2.45, 2.75) is 72.3 Å². The summed E-state index contributed by atoms with van der Waals surface area (Å²) in [5.41, 5.74) is 5.29. The summed E-state index contributed by atoms with van der Waals surface area (Å²) >= 11 is 0. The second kappa shape index (κ2) is 8.61. The highest BCUT2D eigenvalue weighted by Crippen LogP contribution is 2.46. The zero-order chi connectivity index (χ0) is 23.0. The second-order valence-electron chi connectivity index (χ2n) is 10.7. The van der Waals surface area contributed by atoms with Crippen molar-refractivity contribution in [2.75, 3.05) is 5.32 Å². The quantitative estimate of drug-likeness (QED) is 0.443. The maximum absolute atomic E-state index is 11.2. The summed E-state index contributed by atoms with van der Waals surface area (Å²) in [6.07, 6.45) is 3.46. The number of carboxylic acid groups (broad SMARTS) is 1. The molecule has 1 aromatic heterocycles. The number of carboxylic acids is 1. The van der Waals surface area contributed by atoms with Crippen molar-refractivity contribution in [1.82, 2.24) is 9.55 Å². The predicted octanol–water partition coefficient (Wildman–Crippen LogP) is 6.92. The fourth-order valence-corrected chi connectivity index (χ4v) is 5.46. The van der Waals surface area contributed by atoms with Crippen molar-refractivity contribution >= 4 is 28.6 Å². The van der Waals surface area contributed by atoms with E-state index in [-0.39, 0.29) is 11.8 Å². The van der Waals surface area contributed by atoms with E-state index in [9.17, 15) is 9.90 Å². The molecule has 0 saturated heterocycles. The summed E-state index contributed by atoms with van der Waals surface area (Å²) in [6.45, 7) is 11.5. The van der Waals surface area contributed by atoms with E-state index in [1.807, 2.05) is 18.2 Å². The van der Waals surface area contributed by atoms with Gasteiger partial charge in [-0.1, -0.05) is 52.8 Å². The zero-order valence-corrected chi connectivity index (χ0v) is 19.9. The molecule has 0 unspecified atom stereocenters. The van der Waals surface area contributed by atoms with E-state index in [1.165, 1.54) is 12.0 Å². The van der Waals surface area contributed by atoms with Crippen molar-refractivity contribution in [1.29, 1.82) is 0 Å². The maximum atomic E-state index is 11.2. The first kappa shape index (κ1) is 22.4. The number of aromatic nitrogens is 2. The van der Waals surface area contributed by atoms with Gasteiger partial charge in [0.2, 0.25) is 5.95 Å². The third kappa shape index (κ3) is 4.82. The van der Waals surface area contributed by atoms with Crippen molar-refractivity contribution in [2.24, 2.45) is 11.3 Å². The molecular weight excluding hydrogens is 398 g/mol. The standard InChI is InChI=1S/C27H35N3O2/c1-17(2)20-7-9-21(10-8-20)28-26-29-23-13-19(14-25(31)32)6-11-24(23)30(26)22-12-18(3)15-27(4,5)16-22/h6-11,13,17-18,22H,12,14-16H2,1-5H3,(H,28,29)(H,31,32)/t18-,22-/m0/s1. The molecule has 0 aliphatic heterocycles. The number of aliphatic carboxylic acids is 1.